The van der Waals surface area contributed by atoms with Crippen molar-refractivity contribution in [2.45, 2.75) is 71.6 Å². The summed E-state index contributed by atoms with van der Waals surface area (Å²) in [4.78, 5) is 30.1. The third-order valence-corrected chi connectivity index (χ3v) is 10.8. The Bertz CT molecular complexity index is 1670. The van der Waals surface area contributed by atoms with E-state index in [1.165, 1.54) is 0 Å². The van der Waals surface area contributed by atoms with Gasteiger partial charge in [-0.2, -0.15) is 26.3 Å². The van der Waals surface area contributed by atoms with Gasteiger partial charge in [0.1, 0.15) is 16.6 Å². The molecule has 2 aliphatic heterocycles. The lowest BCUT2D eigenvalue weighted by Crippen LogP contribution is -2.55. The van der Waals surface area contributed by atoms with Gasteiger partial charge >= 0.3 is 18.0 Å². The highest BCUT2D eigenvalue weighted by atomic mass is 32.2. The van der Waals surface area contributed by atoms with Gasteiger partial charge in [-0.3, -0.25) is 14.6 Å². The van der Waals surface area contributed by atoms with Gasteiger partial charge in [0.05, 0.1) is 16.6 Å². The fraction of sp³-hybridized carbons (Fsp3) is 0.500. The number of amides is 2. The molecule has 0 N–H and O–H groups in total. The number of aryl methyl sites for hydroxylation is 1. The van der Waals surface area contributed by atoms with Crippen LogP contribution in [0.3, 0.4) is 0 Å². The summed E-state index contributed by atoms with van der Waals surface area (Å²) in [5.41, 5.74) is -8.95. The molecule has 2 unspecified atom stereocenters. The Morgan fingerprint density at radius 2 is 1.72 bits per heavy atom. The predicted molar refractivity (Wildman–Crippen MR) is 129 cm³/mol. The highest BCUT2D eigenvalue weighted by molar-refractivity contribution is 7.92. The van der Waals surface area contributed by atoms with E-state index in [0.29, 0.717) is 0 Å². The van der Waals surface area contributed by atoms with Crippen LogP contribution >= 0.6 is 0 Å². The summed E-state index contributed by atoms with van der Waals surface area (Å²) in [5, 5.41) is 0. The predicted octanol–water partition coefficient (Wildman–Crippen LogP) is 4.30. The van der Waals surface area contributed by atoms with Crippen molar-refractivity contribution >= 4 is 21.7 Å². The maximum atomic E-state index is 14.9. The number of hydrogen-bond donors (Lipinski definition) is 0. The first-order valence-corrected chi connectivity index (χ1v) is 14.1. The number of aromatic nitrogens is 1. The lowest BCUT2D eigenvalue weighted by atomic mass is 9.80. The van der Waals surface area contributed by atoms with E-state index in [9.17, 15) is 57.5 Å². The van der Waals surface area contributed by atoms with Crippen molar-refractivity contribution in [2.75, 3.05) is 13.5 Å². The second kappa shape index (κ2) is 9.82. The molecule has 2 saturated heterocycles. The number of fused-ring (bicyclic) bond motifs is 3. The minimum atomic E-state index is -6.49. The van der Waals surface area contributed by atoms with Crippen LogP contribution in [0.1, 0.15) is 40.2 Å². The van der Waals surface area contributed by atoms with Crippen LogP contribution in [0, 0.1) is 5.82 Å². The molecular weight excluding hydrogens is 621 g/mol. The molecule has 17 heteroatoms. The van der Waals surface area contributed by atoms with Crippen LogP contribution in [0.15, 0.2) is 41.4 Å². The van der Waals surface area contributed by atoms with E-state index in [0.717, 1.165) is 29.2 Å². The zero-order chi connectivity index (χ0) is 34.4. The first-order chi connectivity index (χ1) is 21.0. The third kappa shape index (κ3) is 4.31. The van der Waals surface area contributed by atoms with Gasteiger partial charge in [-0.1, -0.05) is 0 Å². The number of nitrogens with zero attached hydrogens (tertiary/aromatic N) is 3. The van der Waals surface area contributed by atoms with E-state index < -0.39 is 129 Å². The molecule has 1 aromatic heterocycles. The number of benzene rings is 1. The number of pyridine rings is 1. The van der Waals surface area contributed by atoms with Gasteiger partial charge < -0.3 is 9.80 Å². The Labute approximate surface area is 242 Å². The third-order valence-electron chi connectivity index (χ3n) is 8.29. The fourth-order valence-corrected chi connectivity index (χ4v) is 8.53. The first-order valence-electron chi connectivity index (χ1n) is 14.1. The monoisotopic (exact) mass is 646 g/mol. The zero-order valence-corrected chi connectivity index (χ0v) is 22.3. The molecule has 0 bridgehead atoms. The molecule has 2 aromatic rings. The van der Waals surface area contributed by atoms with Crippen molar-refractivity contribution in [3.05, 3.63) is 59.2 Å². The van der Waals surface area contributed by atoms with Gasteiger partial charge in [0.15, 0.2) is 16.0 Å². The molecule has 2 fully saturated rings. The molecule has 3 heterocycles. The number of halogens is 9. The van der Waals surface area contributed by atoms with E-state index in [2.05, 4.69) is 4.98 Å². The van der Waals surface area contributed by atoms with Crippen LogP contribution in [0.4, 0.5) is 39.5 Å². The molecule has 4 atom stereocenters. The number of rotatable bonds is 4. The largest absolute Gasteiger partial charge is 0.436 e. The number of likely N-dealkylation sites (N-methyl/N-ethyl adjacent to an activating group) is 1. The minimum absolute atomic E-state index is 0.0604. The number of alkyl halides is 8. The number of likely N-dealkylation sites (tertiary alicyclic amines) is 2. The van der Waals surface area contributed by atoms with Gasteiger partial charge in [-0.15, -0.1) is 0 Å². The van der Waals surface area contributed by atoms with Gasteiger partial charge in [0.2, 0.25) is 5.91 Å². The highest BCUT2D eigenvalue weighted by Crippen LogP contribution is 2.56. The topological polar surface area (TPSA) is 87.7 Å². The Hall–Kier alpha value is -3.37. The van der Waals surface area contributed by atoms with Gasteiger partial charge in [-0.05, 0) is 55.2 Å². The lowest BCUT2D eigenvalue weighted by Gasteiger charge is -2.42. The maximum absolute atomic E-state index is 14.9. The van der Waals surface area contributed by atoms with Crippen LogP contribution < -0.4 is 0 Å². The lowest BCUT2D eigenvalue weighted by molar-refractivity contribution is -0.348. The SMILES string of the molecule is [2H]C([2H])([2H])N1C(=O)[C@H](F)C[C@H]1C(=O)N1CCC2(S(=O)(=O)c3ccc(F)cc3)c3ncc(C(F)(C(F)(F)F)C(F)(F)F)cc3CCC12. The summed E-state index contributed by atoms with van der Waals surface area (Å²) in [6, 6.07) is -0.00530. The minimum Gasteiger partial charge on any atom is -0.336 e. The van der Waals surface area contributed by atoms with Crippen molar-refractivity contribution in [1.29, 1.82) is 0 Å². The number of carbonyl (C=O) groups is 2. The molecule has 0 spiro atoms. The average Bonchev–Trinajstić information content (AvgIpc) is 3.49. The standard InChI is InChI=1S/C26H22F9N3O4S/c1-37-18(11-17(28)21(37)39)22(40)38-9-8-23(43(41,42)16-5-3-15(27)4-6-16)19(38)7-2-13-10-14(12-36-20(13)23)24(29,25(30,31)32)26(33,34)35/h3-6,10,12,17-19H,2,7-9,11H2,1H3/t17-,18+,19?,23?/m1/s1/i1D3. The Morgan fingerprint density at radius 3 is 2.30 bits per heavy atom. The van der Waals surface area contributed by atoms with Gasteiger partial charge in [0.25, 0.3) is 5.91 Å². The Morgan fingerprint density at radius 1 is 1.09 bits per heavy atom. The Balaban J connectivity index is 1.68. The molecule has 234 valence electrons. The normalized spacial score (nSPS) is 27.8. The van der Waals surface area contributed by atoms with Gasteiger partial charge in [0, 0.05) is 35.8 Å². The van der Waals surface area contributed by atoms with E-state index in [1.807, 2.05) is 0 Å². The fourth-order valence-electron chi connectivity index (χ4n) is 6.21. The Kier molecular flexibility index (Phi) is 6.21. The summed E-state index contributed by atoms with van der Waals surface area (Å²) in [6.45, 7) is -3.79. The molecule has 3 aliphatic rings. The summed E-state index contributed by atoms with van der Waals surface area (Å²) in [7, 11) is -4.88. The van der Waals surface area contributed by atoms with E-state index >= 15 is 0 Å². The summed E-state index contributed by atoms with van der Waals surface area (Å²) < 4.78 is 173. The highest BCUT2D eigenvalue weighted by Gasteiger charge is 2.74. The smallest absolute Gasteiger partial charge is 0.336 e. The van der Waals surface area contributed by atoms with Crippen molar-refractivity contribution in [2.24, 2.45) is 0 Å². The van der Waals surface area contributed by atoms with Crippen LogP contribution in [-0.4, -0.2) is 79.1 Å². The van der Waals surface area contributed by atoms with Crippen LogP contribution in [-0.2, 0) is 36.3 Å². The molecule has 1 aromatic carbocycles. The number of sulfone groups is 1. The van der Waals surface area contributed by atoms with Crippen molar-refractivity contribution in [3.63, 3.8) is 0 Å². The van der Waals surface area contributed by atoms with Crippen LogP contribution in [0.25, 0.3) is 0 Å². The molecule has 43 heavy (non-hydrogen) atoms. The quantitative estimate of drug-likeness (QED) is 0.366. The van der Waals surface area contributed by atoms with E-state index in [1.54, 1.807) is 0 Å². The van der Waals surface area contributed by atoms with Crippen molar-refractivity contribution in [3.8, 4) is 0 Å². The molecule has 1 aliphatic carbocycles. The van der Waals surface area contributed by atoms with Crippen molar-refractivity contribution in [1.82, 2.24) is 14.8 Å². The summed E-state index contributed by atoms with van der Waals surface area (Å²) in [6.07, 6.45) is -17.9. The van der Waals surface area contributed by atoms with Gasteiger partial charge in [-0.25, -0.2) is 21.6 Å². The number of carbonyl (C=O) groups excluding carboxylic acids is 2. The summed E-state index contributed by atoms with van der Waals surface area (Å²) in [5.74, 6) is -3.53. The molecule has 7 nitrogen and oxygen atoms in total. The first kappa shape index (κ1) is 27.2. The maximum Gasteiger partial charge on any atom is 0.436 e. The zero-order valence-electron chi connectivity index (χ0n) is 24.5. The van der Waals surface area contributed by atoms with Crippen LogP contribution in [0.2, 0.25) is 0 Å². The molecule has 2 amide bonds. The molecule has 5 rings (SSSR count). The average molecular weight is 647 g/mol. The van der Waals surface area contributed by atoms with Crippen molar-refractivity contribution < 1.29 is 61.6 Å². The molecule has 0 radical (unpaired) electrons. The van der Waals surface area contributed by atoms with Crippen LogP contribution in [0.5, 0.6) is 0 Å². The number of hydrogen-bond acceptors (Lipinski definition) is 5. The van der Waals surface area contributed by atoms with E-state index in [-0.39, 0.29) is 17.2 Å². The molecular formula is C26H22F9N3O4S. The van der Waals surface area contributed by atoms with E-state index in [4.69, 9.17) is 4.11 Å². The second-order valence-electron chi connectivity index (χ2n) is 10.5. The molecule has 0 saturated carbocycles. The summed E-state index contributed by atoms with van der Waals surface area (Å²) >= 11 is 0. The second-order valence-corrected chi connectivity index (χ2v) is 12.7.